The largest absolute Gasteiger partial charge is 0.619 e. The Hall–Kier alpha value is -2.27. The summed E-state index contributed by atoms with van der Waals surface area (Å²) in [6, 6.07) is 7.94. The summed E-state index contributed by atoms with van der Waals surface area (Å²) in [6.45, 7) is 0. The highest BCUT2D eigenvalue weighted by molar-refractivity contribution is 6.32. The van der Waals surface area contributed by atoms with Crippen molar-refractivity contribution in [2.45, 2.75) is 0 Å². The zero-order chi connectivity index (χ0) is 13.8. The highest BCUT2D eigenvalue weighted by Gasteiger charge is 2.10. The van der Waals surface area contributed by atoms with Crippen LogP contribution in [-0.4, -0.2) is 13.0 Å². The van der Waals surface area contributed by atoms with Crippen LogP contribution < -0.4 is 14.8 Å². The van der Waals surface area contributed by atoms with E-state index in [1.54, 1.807) is 24.3 Å². The monoisotopic (exact) mass is 278 g/mol. The maximum Gasteiger partial charge on any atom is 0.261 e. The molecule has 1 N–H and O–H groups in total. The number of rotatable bonds is 3. The van der Waals surface area contributed by atoms with Crippen LogP contribution in [0.2, 0.25) is 5.02 Å². The Morgan fingerprint density at radius 1 is 1.42 bits per heavy atom. The molecule has 0 atom stereocenters. The zero-order valence-corrected chi connectivity index (χ0v) is 10.8. The minimum atomic E-state index is -0.383. The number of aromatic nitrogens is 1. The molecule has 0 unspecified atom stereocenters. The van der Waals surface area contributed by atoms with Gasteiger partial charge in [-0.25, -0.2) is 0 Å². The summed E-state index contributed by atoms with van der Waals surface area (Å²) in [6.07, 6.45) is 2.50. The third-order valence-corrected chi connectivity index (χ3v) is 2.74. The Morgan fingerprint density at radius 3 is 2.84 bits per heavy atom. The van der Waals surface area contributed by atoms with E-state index in [9.17, 15) is 10.0 Å². The molecular formula is C13H11ClN2O3. The molecule has 98 valence electrons. The number of hydrogen-bond donors (Lipinski definition) is 1. The van der Waals surface area contributed by atoms with Crippen LogP contribution in [0.4, 0.5) is 5.69 Å². The van der Waals surface area contributed by atoms with Gasteiger partial charge in [-0.05, 0) is 24.3 Å². The number of amides is 1. The van der Waals surface area contributed by atoms with Crippen molar-refractivity contribution in [3.05, 3.63) is 58.5 Å². The molecule has 6 heteroatoms. The van der Waals surface area contributed by atoms with Crippen molar-refractivity contribution in [1.82, 2.24) is 0 Å². The first-order chi connectivity index (χ1) is 9.10. The number of pyridine rings is 1. The number of nitrogens with zero attached hydrogens (tertiary/aromatic N) is 1. The normalized spacial score (nSPS) is 10.0. The number of benzene rings is 1. The van der Waals surface area contributed by atoms with Gasteiger partial charge >= 0.3 is 0 Å². The number of anilines is 1. The molecule has 1 aromatic heterocycles. The maximum atomic E-state index is 11.9. The van der Waals surface area contributed by atoms with E-state index >= 15 is 0 Å². The smallest absolute Gasteiger partial charge is 0.261 e. The second-order valence-corrected chi connectivity index (χ2v) is 4.16. The van der Waals surface area contributed by atoms with E-state index in [4.69, 9.17) is 16.3 Å². The van der Waals surface area contributed by atoms with E-state index in [0.29, 0.717) is 21.2 Å². The lowest BCUT2D eigenvalue weighted by Gasteiger charge is -2.07. The molecule has 0 saturated heterocycles. The van der Waals surface area contributed by atoms with E-state index in [1.165, 1.54) is 25.6 Å². The minimum absolute atomic E-state index is 0.268. The average Bonchev–Trinajstić information content (AvgIpc) is 2.39. The Balaban J connectivity index is 2.17. The van der Waals surface area contributed by atoms with E-state index < -0.39 is 0 Å². The molecule has 0 aliphatic rings. The molecule has 1 aromatic carbocycles. The van der Waals surface area contributed by atoms with Gasteiger partial charge in [-0.1, -0.05) is 11.6 Å². The summed E-state index contributed by atoms with van der Waals surface area (Å²) in [5.41, 5.74) is 0.793. The minimum Gasteiger partial charge on any atom is -0.619 e. The lowest BCUT2D eigenvalue weighted by molar-refractivity contribution is -0.605. The summed E-state index contributed by atoms with van der Waals surface area (Å²) in [5.74, 6) is 0.142. The van der Waals surface area contributed by atoms with E-state index in [0.717, 1.165) is 0 Å². The first kappa shape index (κ1) is 13.2. The molecule has 5 nitrogen and oxygen atoms in total. The van der Waals surface area contributed by atoms with E-state index in [-0.39, 0.29) is 11.5 Å². The quantitative estimate of drug-likeness (QED) is 0.692. The molecule has 0 aliphatic carbocycles. The van der Waals surface area contributed by atoms with Crippen molar-refractivity contribution in [2.75, 3.05) is 12.4 Å². The van der Waals surface area contributed by atoms with Gasteiger partial charge < -0.3 is 15.3 Å². The number of carbonyl (C=O) groups excluding carboxylic acids is 1. The van der Waals surface area contributed by atoms with Gasteiger partial charge in [0.25, 0.3) is 5.91 Å². The number of methoxy groups -OCH3 is 1. The highest BCUT2D eigenvalue weighted by atomic mass is 35.5. The number of halogens is 1. The summed E-state index contributed by atoms with van der Waals surface area (Å²) >= 11 is 5.95. The van der Waals surface area contributed by atoms with E-state index in [1.807, 2.05) is 0 Å². The van der Waals surface area contributed by atoms with Crippen LogP contribution in [0, 0.1) is 5.21 Å². The van der Waals surface area contributed by atoms with Gasteiger partial charge in [0, 0.05) is 11.8 Å². The first-order valence-electron chi connectivity index (χ1n) is 5.44. The van der Waals surface area contributed by atoms with Crippen LogP contribution in [-0.2, 0) is 0 Å². The maximum absolute atomic E-state index is 11.9. The fourth-order valence-corrected chi connectivity index (χ4v) is 1.79. The molecular weight excluding hydrogens is 268 g/mol. The SMILES string of the molecule is COc1ccc(NC(=O)c2ccc[n+]([O-])c2)cc1Cl. The third-order valence-electron chi connectivity index (χ3n) is 2.45. The molecule has 2 aromatic rings. The molecule has 0 fully saturated rings. The molecule has 0 radical (unpaired) electrons. The lowest BCUT2D eigenvalue weighted by Crippen LogP contribution is -2.27. The molecule has 1 amide bonds. The Labute approximate surface area is 115 Å². The number of ether oxygens (including phenoxy) is 1. The van der Waals surface area contributed by atoms with Gasteiger partial charge in [-0.15, -0.1) is 0 Å². The van der Waals surface area contributed by atoms with Crippen molar-refractivity contribution < 1.29 is 14.3 Å². The Morgan fingerprint density at radius 2 is 2.21 bits per heavy atom. The third kappa shape index (κ3) is 3.14. The molecule has 2 rings (SSSR count). The van der Waals surface area contributed by atoms with Crippen LogP contribution in [0.15, 0.2) is 42.7 Å². The van der Waals surface area contributed by atoms with Crippen molar-refractivity contribution >= 4 is 23.2 Å². The van der Waals surface area contributed by atoms with E-state index in [2.05, 4.69) is 5.32 Å². The second-order valence-electron chi connectivity index (χ2n) is 3.76. The van der Waals surface area contributed by atoms with Crippen LogP contribution >= 0.6 is 11.6 Å². The Kier molecular flexibility index (Phi) is 3.87. The van der Waals surface area contributed by atoms with Gasteiger partial charge in [0.2, 0.25) is 0 Å². The fraction of sp³-hybridized carbons (Fsp3) is 0.0769. The first-order valence-corrected chi connectivity index (χ1v) is 5.81. The highest BCUT2D eigenvalue weighted by Crippen LogP contribution is 2.27. The predicted molar refractivity (Wildman–Crippen MR) is 71.4 cm³/mol. The van der Waals surface area contributed by atoms with Crippen LogP contribution in [0.5, 0.6) is 5.75 Å². The van der Waals surface area contributed by atoms with Gasteiger partial charge in [0.1, 0.15) is 11.3 Å². The summed E-state index contributed by atoms with van der Waals surface area (Å²) in [5, 5.41) is 14.1. The fourth-order valence-electron chi connectivity index (χ4n) is 1.54. The van der Waals surface area contributed by atoms with Gasteiger partial charge in [-0.3, -0.25) is 4.79 Å². The molecule has 19 heavy (non-hydrogen) atoms. The van der Waals surface area contributed by atoms with Gasteiger partial charge in [0.05, 0.1) is 12.1 Å². The number of nitrogens with one attached hydrogen (secondary N) is 1. The topological polar surface area (TPSA) is 65.3 Å². The number of hydrogen-bond acceptors (Lipinski definition) is 3. The average molecular weight is 279 g/mol. The summed E-state index contributed by atoms with van der Waals surface area (Å²) in [4.78, 5) is 11.9. The van der Waals surface area contributed by atoms with Crippen molar-refractivity contribution in [3.63, 3.8) is 0 Å². The summed E-state index contributed by atoms with van der Waals surface area (Å²) in [7, 11) is 1.51. The molecule has 0 saturated carbocycles. The summed E-state index contributed by atoms with van der Waals surface area (Å²) < 4.78 is 5.58. The molecule has 0 aliphatic heterocycles. The van der Waals surface area contributed by atoms with Crippen molar-refractivity contribution in [1.29, 1.82) is 0 Å². The van der Waals surface area contributed by atoms with Crippen molar-refractivity contribution in [2.24, 2.45) is 0 Å². The van der Waals surface area contributed by atoms with Crippen molar-refractivity contribution in [3.8, 4) is 5.75 Å². The molecule has 0 spiro atoms. The molecule has 1 heterocycles. The molecule has 0 bridgehead atoms. The Bertz CT molecular complexity index is 617. The van der Waals surface area contributed by atoms with Gasteiger partial charge in [-0.2, -0.15) is 4.73 Å². The van der Waals surface area contributed by atoms with Crippen LogP contribution in [0.25, 0.3) is 0 Å². The second kappa shape index (κ2) is 5.58. The lowest BCUT2D eigenvalue weighted by atomic mass is 10.2. The van der Waals surface area contributed by atoms with Crippen LogP contribution in [0.1, 0.15) is 10.4 Å². The number of carbonyl (C=O) groups is 1. The zero-order valence-electron chi connectivity index (χ0n) is 10.1. The predicted octanol–water partition coefficient (Wildman–Crippen LogP) is 2.23. The van der Waals surface area contributed by atoms with Crippen LogP contribution in [0.3, 0.4) is 0 Å². The van der Waals surface area contributed by atoms with Gasteiger partial charge in [0.15, 0.2) is 12.4 Å². The standard InChI is InChI=1S/C13H11ClN2O3/c1-19-12-5-4-10(7-11(12)14)15-13(17)9-3-2-6-16(18)8-9/h2-8H,1H3,(H,15,17).